The zero-order valence-corrected chi connectivity index (χ0v) is 19.3. The van der Waals surface area contributed by atoms with Crippen LogP contribution in [0.25, 0.3) is 6.08 Å². The Kier molecular flexibility index (Phi) is 7.22. The molecule has 0 atom stereocenters. The third kappa shape index (κ3) is 4.94. The predicted octanol–water partition coefficient (Wildman–Crippen LogP) is 6.46. The number of nitrogens with zero attached hydrogens (tertiary/aromatic N) is 2. The van der Waals surface area contributed by atoms with Crippen LogP contribution in [-0.4, -0.2) is 29.6 Å². The normalized spacial score (nSPS) is 16.7. The van der Waals surface area contributed by atoms with Crippen molar-refractivity contribution >= 4 is 62.1 Å². The first-order valence-corrected chi connectivity index (χ1v) is 11.0. The number of likely N-dealkylation sites (N-methyl/N-ethyl adjacent to an activating group) is 1. The summed E-state index contributed by atoms with van der Waals surface area (Å²) in [6, 6.07) is 11.3. The number of amidine groups is 1. The molecule has 1 heterocycles. The Morgan fingerprint density at radius 2 is 2.10 bits per heavy atom. The van der Waals surface area contributed by atoms with Crippen LogP contribution in [0.3, 0.4) is 0 Å². The number of rotatable bonds is 6. The lowest BCUT2D eigenvalue weighted by Gasteiger charge is -2.12. The van der Waals surface area contributed by atoms with Gasteiger partial charge in [-0.2, -0.15) is 0 Å². The number of halogens is 2. The number of carbonyl (C=O) groups is 1. The summed E-state index contributed by atoms with van der Waals surface area (Å²) in [5.74, 6) is 0.752. The minimum absolute atomic E-state index is 0.0550. The topological polar surface area (TPSA) is 41.9 Å². The van der Waals surface area contributed by atoms with E-state index in [0.29, 0.717) is 33.7 Å². The summed E-state index contributed by atoms with van der Waals surface area (Å²) in [5.41, 5.74) is 2.66. The summed E-state index contributed by atoms with van der Waals surface area (Å²) < 4.78 is 6.20. The van der Waals surface area contributed by atoms with Crippen molar-refractivity contribution in [2.45, 2.75) is 13.3 Å². The quantitative estimate of drug-likeness (QED) is 0.344. The zero-order valence-electron chi connectivity index (χ0n) is 16.1. The number of hydrogen-bond donors (Lipinski definition) is 0. The molecule has 0 N–H and O–H groups in total. The van der Waals surface area contributed by atoms with Crippen molar-refractivity contribution in [1.29, 1.82) is 0 Å². The molecule has 0 aromatic heterocycles. The van der Waals surface area contributed by atoms with E-state index in [1.54, 1.807) is 18.1 Å². The monoisotopic (exact) mass is 490 g/mol. The van der Waals surface area contributed by atoms with Crippen molar-refractivity contribution < 1.29 is 9.53 Å². The molecular weight excluding hydrogens is 472 g/mol. The van der Waals surface area contributed by atoms with Gasteiger partial charge in [0.1, 0.15) is 5.75 Å². The number of amides is 1. The molecule has 0 bridgehead atoms. The van der Waals surface area contributed by atoms with E-state index in [1.165, 1.54) is 11.8 Å². The van der Waals surface area contributed by atoms with E-state index in [1.807, 2.05) is 49.4 Å². The van der Waals surface area contributed by atoms with Crippen LogP contribution in [0.15, 0.2) is 63.4 Å². The van der Waals surface area contributed by atoms with Gasteiger partial charge in [-0.05, 0) is 88.6 Å². The molecular formula is C22H20BrClN2O2S. The Labute approximate surface area is 188 Å². The van der Waals surface area contributed by atoms with Crippen molar-refractivity contribution in [2.75, 3.05) is 13.7 Å². The number of aliphatic imine (C=N–C) groups is 1. The van der Waals surface area contributed by atoms with Crippen molar-refractivity contribution in [2.24, 2.45) is 4.99 Å². The van der Waals surface area contributed by atoms with Crippen LogP contribution < -0.4 is 4.74 Å². The molecule has 0 unspecified atom stereocenters. The van der Waals surface area contributed by atoms with Crippen LogP contribution in [0.1, 0.15) is 18.1 Å². The lowest BCUT2D eigenvalue weighted by Crippen LogP contribution is -2.28. The molecule has 1 fully saturated rings. The van der Waals surface area contributed by atoms with E-state index in [2.05, 4.69) is 27.5 Å². The minimum Gasteiger partial charge on any atom is -0.496 e. The molecule has 3 rings (SSSR count). The predicted molar refractivity (Wildman–Crippen MR) is 126 cm³/mol. The molecule has 150 valence electrons. The number of carbonyl (C=O) groups excluding carboxylic acids is 1. The molecule has 1 amide bonds. The fourth-order valence-electron chi connectivity index (χ4n) is 2.89. The molecule has 4 nitrogen and oxygen atoms in total. The van der Waals surface area contributed by atoms with E-state index in [-0.39, 0.29) is 5.91 Å². The van der Waals surface area contributed by atoms with Crippen LogP contribution in [0.2, 0.25) is 5.02 Å². The molecule has 0 saturated carbocycles. The summed E-state index contributed by atoms with van der Waals surface area (Å²) in [6.45, 7) is 6.26. The van der Waals surface area contributed by atoms with Crippen molar-refractivity contribution in [3.05, 3.63) is 74.6 Å². The number of hydrogen-bond acceptors (Lipinski definition) is 4. The van der Waals surface area contributed by atoms with Gasteiger partial charge >= 0.3 is 0 Å². The van der Waals surface area contributed by atoms with Gasteiger partial charge in [-0.25, -0.2) is 4.99 Å². The molecule has 0 radical (unpaired) electrons. The largest absolute Gasteiger partial charge is 0.496 e. The van der Waals surface area contributed by atoms with Crippen LogP contribution in [0, 0.1) is 0 Å². The molecule has 1 aliphatic rings. The summed E-state index contributed by atoms with van der Waals surface area (Å²) in [5, 5.41) is 1.22. The Hall–Kier alpha value is -2.02. The van der Waals surface area contributed by atoms with Gasteiger partial charge in [0.2, 0.25) is 0 Å². The second-order valence-electron chi connectivity index (χ2n) is 6.22. The smallest absolute Gasteiger partial charge is 0.266 e. The van der Waals surface area contributed by atoms with E-state index in [4.69, 9.17) is 16.3 Å². The number of ether oxygens (including phenoxy) is 1. The standard InChI is InChI=1S/C22H20BrClN2O2S/c1-4-6-15-11-14(7-10-19(15)28-3)12-20-21(27)26(5-2)22(29-20)25-16-8-9-17(23)18(24)13-16/h4,7-13H,1,5-6H2,2-3H3/b20-12-,25-22?. The molecule has 1 saturated heterocycles. The SMILES string of the molecule is C=CCc1cc(/C=C2\SC(=Nc3ccc(Br)c(Cl)c3)N(CC)C2=O)ccc1OC. The molecule has 2 aromatic rings. The van der Waals surface area contributed by atoms with Crippen LogP contribution in [0.4, 0.5) is 5.69 Å². The fourth-order valence-corrected chi connectivity index (χ4v) is 4.37. The molecule has 1 aliphatic heterocycles. The number of benzene rings is 2. The van der Waals surface area contributed by atoms with Gasteiger partial charge in [0.15, 0.2) is 5.17 Å². The Morgan fingerprint density at radius 3 is 2.76 bits per heavy atom. The third-order valence-corrected chi connectivity index (χ3v) is 6.54. The van der Waals surface area contributed by atoms with Crippen molar-refractivity contribution in [1.82, 2.24) is 4.90 Å². The first kappa shape index (κ1) is 21.7. The second-order valence-corrected chi connectivity index (χ2v) is 8.49. The van der Waals surface area contributed by atoms with Gasteiger partial charge in [-0.3, -0.25) is 9.69 Å². The second kappa shape index (κ2) is 9.65. The van der Waals surface area contributed by atoms with E-state index < -0.39 is 0 Å². The highest BCUT2D eigenvalue weighted by atomic mass is 79.9. The molecule has 29 heavy (non-hydrogen) atoms. The fraction of sp³-hybridized carbons (Fsp3) is 0.182. The summed E-state index contributed by atoms with van der Waals surface area (Å²) in [6.07, 6.45) is 4.41. The summed E-state index contributed by atoms with van der Waals surface area (Å²) in [7, 11) is 1.65. The number of methoxy groups -OCH3 is 1. The number of allylic oxidation sites excluding steroid dienone is 1. The maximum Gasteiger partial charge on any atom is 0.266 e. The average molecular weight is 492 g/mol. The summed E-state index contributed by atoms with van der Waals surface area (Å²) >= 11 is 10.9. The molecule has 0 aliphatic carbocycles. The van der Waals surface area contributed by atoms with E-state index in [9.17, 15) is 4.79 Å². The molecule has 7 heteroatoms. The zero-order chi connectivity index (χ0) is 21.0. The number of thioether (sulfide) groups is 1. The van der Waals surface area contributed by atoms with Gasteiger partial charge in [-0.15, -0.1) is 6.58 Å². The minimum atomic E-state index is -0.0550. The lowest BCUT2D eigenvalue weighted by atomic mass is 10.1. The van der Waals surface area contributed by atoms with Gasteiger partial charge < -0.3 is 4.74 Å². The molecule has 0 spiro atoms. The van der Waals surface area contributed by atoms with Gasteiger partial charge in [0.05, 0.1) is 22.7 Å². The van der Waals surface area contributed by atoms with Crippen molar-refractivity contribution in [3.63, 3.8) is 0 Å². The highest BCUT2D eigenvalue weighted by Gasteiger charge is 2.32. The van der Waals surface area contributed by atoms with Crippen LogP contribution >= 0.6 is 39.3 Å². The van der Waals surface area contributed by atoms with Gasteiger partial charge in [0, 0.05) is 11.0 Å². The first-order chi connectivity index (χ1) is 14.0. The lowest BCUT2D eigenvalue weighted by molar-refractivity contribution is -0.122. The van der Waals surface area contributed by atoms with E-state index >= 15 is 0 Å². The van der Waals surface area contributed by atoms with Crippen LogP contribution in [0.5, 0.6) is 5.75 Å². The van der Waals surface area contributed by atoms with Crippen LogP contribution in [-0.2, 0) is 11.2 Å². The summed E-state index contributed by atoms with van der Waals surface area (Å²) in [4.78, 5) is 19.8. The highest BCUT2D eigenvalue weighted by Crippen LogP contribution is 2.35. The van der Waals surface area contributed by atoms with Gasteiger partial charge in [0.25, 0.3) is 5.91 Å². The third-order valence-electron chi connectivity index (χ3n) is 4.30. The maximum atomic E-state index is 12.9. The first-order valence-electron chi connectivity index (χ1n) is 8.99. The highest BCUT2D eigenvalue weighted by molar-refractivity contribution is 9.10. The average Bonchev–Trinajstić information content (AvgIpc) is 2.99. The Morgan fingerprint density at radius 1 is 1.31 bits per heavy atom. The Bertz CT molecular complexity index is 1020. The van der Waals surface area contributed by atoms with E-state index in [0.717, 1.165) is 21.3 Å². The van der Waals surface area contributed by atoms with Crippen molar-refractivity contribution in [3.8, 4) is 5.75 Å². The Balaban J connectivity index is 1.94. The van der Waals surface area contributed by atoms with Gasteiger partial charge in [-0.1, -0.05) is 23.7 Å². The molecule has 2 aromatic carbocycles. The maximum absolute atomic E-state index is 12.9.